The number of carbonyl (C=O) groups excluding carboxylic acids is 2. The van der Waals surface area contributed by atoms with Crippen LogP contribution in [0, 0.1) is 0 Å². The summed E-state index contributed by atoms with van der Waals surface area (Å²) in [6.07, 6.45) is 4.71. The van der Waals surface area contributed by atoms with E-state index in [4.69, 9.17) is 9.47 Å². The minimum atomic E-state index is -0.288. The fourth-order valence-corrected chi connectivity index (χ4v) is 3.09. The van der Waals surface area contributed by atoms with Gasteiger partial charge in [0.2, 0.25) is 0 Å². The first kappa shape index (κ1) is 20.7. The van der Waals surface area contributed by atoms with E-state index < -0.39 is 0 Å². The lowest BCUT2D eigenvalue weighted by molar-refractivity contribution is -0.147. The highest BCUT2D eigenvalue weighted by Gasteiger charge is 2.15. The molecule has 0 amide bonds. The number of hydrogen-bond donors (Lipinski definition) is 0. The second kappa shape index (κ2) is 10.5. The Morgan fingerprint density at radius 1 is 1.04 bits per heavy atom. The fourth-order valence-electron chi connectivity index (χ4n) is 3.09. The van der Waals surface area contributed by atoms with E-state index in [-0.39, 0.29) is 18.0 Å². The monoisotopic (exact) mass is 368 g/mol. The molecule has 0 aliphatic carbocycles. The van der Waals surface area contributed by atoms with E-state index in [2.05, 4.69) is 24.3 Å². The van der Waals surface area contributed by atoms with E-state index in [1.807, 2.05) is 25.1 Å². The number of unbranched alkanes of at least 4 members (excludes halogenated alkanes) is 1. The molecule has 0 saturated carbocycles. The van der Waals surface area contributed by atoms with Crippen LogP contribution in [0.25, 0.3) is 10.8 Å². The van der Waals surface area contributed by atoms with Crippen LogP contribution in [0.1, 0.15) is 58.1 Å². The first-order valence-electron chi connectivity index (χ1n) is 9.49. The highest BCUT2D eigenvalue weighted by atomic mass is 16.5. The van der Waals surface area contributed by atoms with Crippen molar-refractivity contribution in [3.8, 4) is 0 Å². The molecule has 4 heteroatoms. The molecule has 0 aliphatic heterocycles. The molecular weight excluding hydrogens is 340 g/mol. The van der Waals surface area contributed by atoms with Gasteiger partial charge >= 0.3 is 11.9 Å². The zero-order valence-electron chi connectivity index (χ0n) is 16.4. The quantitative estimate of drug-likeness (QED) is 0.332. The van der Waals surface area contributed by atoms with Crippen molar-refractivity contribution in [1.29, 1.82) is 0 Å². The summed E-state index contributed by atoms with van der Waals surface area (Å²) in [6.45, 7) is 5.56. The van der Waals surface area contributed by atoms with E-state index in [1.165, 1.54) is 12.3 Å². The Hall–Kier alpha value is -2.62. The molecule has 0 aliphatic rings. The minimum absolute atomic E-state index is 0.249. The lowest BCUT2D eigenvalue weighted by Gasteiger charge is -2.18. The number of benzene rings is 2. The molecule has 27 heavy (non-hydrogen) atoms. The van der Waals surface area contributed by atoms with Gasteiger partial charge in [-0.2, -0.15) is 0 Å². The Morgan fingerprint density at radius 2 is 1.78 bits per heavy atom. The van der Waals surface area contributed by atoms with Crippen LogP contribution < -0.4 is 0 Å². The zero-order valence-corrected chi connectivity index (χ0v) is 16.4. The summed E-state index contributed by atoms with van der Waals surface area (Å²) in [4.78, 5) is 23.0. The van der Waals surface area contributed by atoms with Gasteiger partial charge in [0.1, 0.15) is 6.10 Å². The second-order valence-corrected chi connectivity index (χ2v) is 6.69. The molecule has 0 heterocycles. The van der Waals surface area contributed by atoms with Crippen LogP contribution in [0.3, 0.4) is 0 Å². The summed E-state index contributed by atoms with van der Waals surface area (Å²) < 4.78 is 10.5. The molecule has 0 saturated heterocycles. The van der Waals surface area contributed by atoms with E-state index in [0.717, 1.165) is 42.2 Å². The molecule has 1 atom stereocenters. The highest BCUT2D eigenvalue weighted by molar-refractivity contribution is 5.83. The summed E-state index contributed by atoms with van der Waals surface area (Å²) in [5, 5.41) is 2.31. The van der Waals surface area contributed by atoms with Crippen LogP contribution in [0.5, 0.6) is 0 Å². The summed E-state index contributed by atoms with van der Waals surface area (Å²) in [7, 11) is 0. The predicted molar refractivity (Wildman–Crippen MR) is 107 cm³/mol. The maximum Gasteiger partial charge on any atom is 0.330 e. The average Bonchev–Trinajstić information content (AvgIpc) is 2.63. The number of rotatable bonds is 9. The predicted octanol–water partition coefficient (Wildman–Crippen LogP) is 5.51. The van der Waals surface area contributed by atoms with Crippen molar-refractivity contribution in [2.75, 3.05) is 6.61 Å². The molecule has 0 N–H and O–H groups in total. The Labute approximate surface area is 161 Å². The van der Waals surface area contributed by atoms with Gasteiger partial charge in [0.15, 0.2) is 0 Å². The number of ether oxygens (including phenoxy) is 2. The molecule has 1 unspecified atom stereocenters. The SMILES string of the molecule is CCOC(=O)/C=C(\C)CCCCC(OC(C)=O)c1ccc2ccccc2c1. The smallest absolute Gasteiger partial charge is 0.330 e. The third-order valence-electron chi connectivity index (χ3n) is 4.39. The van der Waals surface area contributed by atoms with E-state index in [9.17, 15) is 9.59 Å². The largest absolute Gasteiger partial charge is 0.463 e. The molecular formula is C23H28O4. The van der Waals surface area contributed by atoms with Crippen LogP contribution in [-0.4, -0.2) is 18.5 Å². The third kappa shape index (κ3) is 6.89. The lowest BCUT2D eigenvalue weighted by atomic mass is 9.98. The summed E-state index contributed by atoms with van der Waals surface area (Å²) in [5.74, 6) is -0.560. The van der Waals surface area contributed by atoms with Crippen LogP contribution in [0.2, 0.25) is 0 Å². The van der Waals surface area contributed by atoms with Crippen molar-refractivity contribution in [3.05, 3.63) is 59.7 Å². The molecule has 0 spiro atoms. The minimum Gasteiger partial charge on any atom is -0.463 e. The standard InChI is InChI=1S/C23H28O4/c1-4-26-23(25)15-17(2)9-5-8-12-22(27-18(3)24)21-14-13-19-10-6-7-11-20(19)16-21/h6-7,10-11,13-16,22H,4-5,8-9,12H2,1-3H3/b17-15+. The Balaban J connectivity index is 1.96. The fraction of sp³-hybridized carbons (Fsp3) is 0.391. The van der Waals surface area contributed by atoms with Gasteiger partial charge in [-0.25, -0.2) is 4.79 Å². The lowest BCUT2D eigenvalue weighted by Crippen LogP contribution is -2.08. The molecule has 2 aromatic rings. The van der Waals surface area contributed by atoms with E-state index in [1.54, 1.807) is 13.0 Å². The van der Waals surface area contributed by atoms with Gasteiger partial charge in [0, 0.05) is 13.0 Å². The molecule has 0 radical (unpaired) electrons. The van der Waals surface area contributed by atoms with Gasteiger partial charge < -0.3 is 9.47 Å². The highest BCUT2D eigenvalue weighted by Crippen LogP contribution is 2.27. The van der Waals surface area contributed by atoms with Crippen molar-refractivity contribution in [2.45, 2.75) is 52.6 Å². The van der Waals surface area contributed by atoms with Gasteiger partial charge in [-0.1, -0.05) is 42.0 Å². The second-order valence-electron chi connectivity index (χ2n) is 6.69. The first-order chi connectivity index (χ1) is 13.0. The van der Waals surface area contributed by atoms with Crippen LogP contribution in [0.15, 0.2) is 54.1 Å². The number of carbonyl (C=O) groups is 2. The number of fused-ring (bicyclic) bond motifs is 1. The molecule has 2 rings (SSSR count). The van der Waals surface area contributed by atoms with Gasteiger partial charge in [-0.15, -0.1) is 0 Å². The molecule has 4 nitrogen and oxygen atoms in total. The molecule has 0 aromatic heterocycles. The van der Waals surface area contributed by atoms with Gasteiger partial charge in [-0.05, 0) is 61.9 Å². The maximum atomic E-state index is 11.5. The summed E-state index contributed by atoms with van der Waals surface area (Å²) >= 11 is 0. The zero-order chi connectivity index (χ0) is 19.6. The van der Waals surface area contributed by atoms with Gasteiger partial charge in [0.25, 0.3) is 0 Å². The molecule has 0 bridgehead atoms. The molecule has 0 fully saturated rings. The van der Waals surface area contributed by atoms with Crippen molar-refractivity contribution in [3.63, 3.8) is 0 Å². The average molecular weight is 368 g/mol. The molecule has 2 aromatic carbocycles. The van der Waals surface area contributed by atoms with Crippen molar-refractivity contribution in [1.82, 2.24) is 0 Å². The Kier molecular flexibility index (Phi) is 8.05. The molecule has 144 valence electrons. The Morgan fingerprint density at radius 3 is 2.48 bits per heavy atom. The first-order valence-corrected chi connectivity index (χ1v) is 9.49. The van der Waals surface area contributed by atoms with Gasteiger partial charge in [0.05, 0.1) is 6.61 Å². The summed E-state index contributed by atoms with van der Waals surface area (Å²) in [5.41, 5.74) is 2.02. The normalized spacial score (nSPS) is 12.6. The van der Waals surface area contributed by atoms with Crippen molar-refractivity contribution < 1.29 is 19.1 Å². The van der Waals surface area contributed by atoms with Gasteiger partial charge in [-0.3, -0.25) is 4.79 Å². The number of allylic oxidation sites excluding steroid dienone is 1. The van der Waals surface area contributed by atoms with Crippen LogP contribution >= 0.6 is 0 Å². The van der Waals surface area contributed by atoms with E-state index >= 15 is 0 Å². The van der Waals surface area contributed by atoms with Crippen molar-refractivity contribution in [2.24, 2.45) is 0 Å². The van der Waals surface area contributed by atoms with E-state index in [0.29, 0.717) is 6.61 Å². The van der Waals surface area contributed by atoms with Crippen LogP contribution in [-0.2, 0) is 19.1 Å². The summed E-state index contributed by atoms with van der Waals surface area (Å²) in [6, 6.07) is 14.3. The van der Waals surface area contributed by atoms with Crippen molar-refractivity contribution >= 4 is 22.7 Å². The maximum absolute atomic E-state index is 11.5. The topological polar surface area (TPSA) is 52.6 Å². The Bertz CT molecular complexity index is 807. The number of hydrogen-bond acceptors (Lipinski definition) is 4. The third-order valence-corrected chi connectivity index (χ3v) is 4.39. The van der Waals surface area contributed by atoms with Crippen LogP contribution in [0.4, 0.5) is 0 Å². The number of esters is 2.